The summed E-state index contributed by atoms with van der Waals surface area (Å²) in [6.07, 6.45) is -1.43. The Morgan fingerprint density at radius 1 is 1.28 bits per heavy atom. The van der Waals surface area contributed by atoms with Crippen LogP contribution in [0.25, 0.3) is 0 Å². The lowest BCUT2D eigenvalue weighted by atomic mass is 10.1. The molecular formula is C13H17NO4. The number of aryl methyl sites for hydroxylation is 1. The highest BCUT2D eigenvalue weighted by Gasteiger charge is 2.22. The Labute approximate surface area is 105 Å². The predicted octanol–water partition coefficient (Wildman–Crippen LogP) is 0.488. The summed E-state index contributed by atoms with van der Waals surface area (Å²) in [5.74, 6) is -1.66. The third-order valence-corrected chi connectivity index (χ3v) is 2.60. The van der Waals surface area contributed by atoms with Crippen LogP contribution in [0, 0.1) is 6.92 Å². The highest BCUT2D eigenvalue weighted by atomic mass is 16.4. The largest absolute Gasteiger partial charge is 0.479 e. The molecule has 0 radical (unpaired) electrons. The van der Waals surface area contributed by atoms with E-state index in [9.17, 15) is 14.7 Å². The number of amides is 1. The number of aliphatic hydroxyl groups excluding tert-OH is 1. The first kappa shape index (κ1) is 14.2. The van der Waals surface area contributed by atoms with E-state index in [4.69, 9.17) is 5.11 Å². The Morgan fingerprint density at radius 3 is 2.33 bits per heavy atom. The van der Waals surface area contributed by atoms with Crippen molar-refractivity contribution >= 4 is 11.9 Å². The second-order valence-electron chi connectivity index (χ2n) is 4.30. The first-order valence-corrected chi connectivity index (χ1v) is 5.66. The lowest BCUT2D eigenvalue weighted by Gasteiger charge is -2.16. The highest BCUT2D eigenvalue weighted by Crippen LogP contribution is 2.04. The Kier molecular flexibility index (Phi) is 4.85. The molecule has 0 aliphatic carbocycles. The summed E-state index contributed by atoms with van der Waals surface area (Å²) < 4.78 is 0. The average Bonchev–Trinajstić information content (AvgIpc) is 2.30. The minimum Gasteiger partial charge on any atom is -0.479 e. The maximum Gasteiger partial charge on any atom is 0.334 e. The topological polar surface area (TPSA) is 86.6 Å². The molecule has 0 saturated carbocycles. The van der Waals surface area contributed by atoms with E-state index in [0.717, 1.165) is 11.1 Å². The van der Waals surface area contributed by atoms with Crippen LogP contribution in [-0.2, 0) is 16.0 Å². The summed E-state index contributed by atoms with van der Waals surface area (Å²) in [6.45, 7) is 3.40. The van der Waals surface area contributed by atoms with Crippen molar-refractivity contribution in [3.05, 3.63) is 35.4 Å². The predicted molar refractivity (Wildman–Crippen MR) is 66.1 cm³/mol. The van der Waals surface area contributed by atoms with Gasteiger partial charge in [-0.15, -0.1) is 0 Å². The maximum atomic E-state index is 11.6. The molecule has 1 amide bonds. The van der Waals surface area contributed by atoms with Gasteiger partial charge in [0.15, 0.2) is 6.10 Å². The summed E-state index contributed by atoms with van der Waals surface area (Å²) in [6, 6.07) is 6.66. The van der Waals surface area contributed by atoms with Gasteiger partial charge in [0.1, 0.15) is 0 Å². The van der Waals surface area contributed by atoms with E-state index in [2.05, 4.69) is 5.32 Å². The van der Waals surface area contributed by atoms with E-state index >= 15 is 0 Å². The summed E-state index contributed by atoms with van der Waals surface area (Å²) in [4.78, 5) is 22.1. The molecule has 0 bridgehead atoms. The average molecular weight is 251 g/mol. The maximum absolute atomic E-state index is 11.6. The second kappa shape index (κ2) is 6.16. The molecule has 0 aromatic heterocycles. The quantitative estimate of drug-likeness (QED) is 0.710. The molecule has 0 saturated heterocycles. The fourth-order valence-corrected chi connectivity index (χ4v) is 1.49. The Morgan fingerprint density at radius 2 is 1.83 bits per heavy atom. The zero-order valence-electron chi connectivity index (χ0n) is 10.4. The van der Waals surface area contributed by atoms with Gasteiger partial charge in [0.2, 0.25) is 5.91 Å². The van der Waals surface area contributed by atoms with Gasteiger partial charge in [-0.25, -0.2) is 4.79 Å². The van der Waals surface area contributed by atoms with Crippen LogP contribution in [0.1, 0.15) is 18.1 Å². The minimum atomic E-state index is -1.59. The van der Waals surface area contributed by atoms with Crippen molar-refractivity contribution in [1.82, 2.24) is 5.32 Å². The molecule has 98 valence electrons. The molecule has 5 nitrogen and oxygen atoms in total. The van der Waals surface area contributed by atoms with Crippen molar-refractivity contribution in [2.75, 3.05) is 0 Å². The molecule has 0 heterocycles. The van der Waals surface area contributed by atoms with Crippen LogP contribution >= 0.6 is 0 Å². The number of hydrogen-bond acceptors (Lipinski definition) is 3. The number of benzene rings is 1. The minimum absolute atomic E-state index is 0.164. The Balaban J connectivity index is 2.51. The molecule has 0 spiro atoms. The van der Waals surface area contributed by atoms with E-state index in [1.165, 1.54) is 6.92 Å². The Bertz CT molecular complexity index is 427. The van der Waals surface area contributed by atoms with E-state index in [-0.39, 0.29) is 12.3 Å². The van der Waals surface area contributed by atoms with E-state index in [1.54, 1.807) is 0 Å². The molecular weight excluding hydrogens is 234 g/mol. The highest BCUT2D eigenvalue weighted by molar-refractivity contribution is 5.80. The van der Waals surface area contributed by atoms with Crippen LogP contribution in [0.2, 0.25) is 0 Å². The third kappa shape index (κ3) is 4.18. The van der Waals surface area contributed by atoms with E-state index < -0.39 is 18.1 Å². The van der Waals surface area contributed by atoms with Crippen LogP contribution < -0.4 is 5.32 Å². The lowest BCUT2D eigenvalue weighted by Crippen LogP contribution is -2.45. The molecule has 0 fully saturated rings. The fourth-order valence-electron chi connectivity index (χ4n) is 1.49. The van der Waals surface area contributed by atoms with Crippen molar-refractivity contribution in [3.63, 3.8) is 0 Å². The van der Waals surface area contributed by atoms with Gasteiger partial charge in [-0.05, 0) is 19.4 Å². The summed E-state index contributed by atoms with van der Waals surface area (Å²) >= 11 is 0. The molecule has 0 aliphatic heterocycles. The third-order valence-electron chi connectivity index (χ3n) is 2.60. The van der Waals surface area contributed by atoms with Gasteiger partial charge in [-0.3, -0.25) is 4.79 Å². The van der Waals surface area contributed by atoms with Crippen molar-refractivity contribution in [2.45, 2.75) is 32.4 Å². The molecule has 2 unspecified atom stereocenters. The summed E-state index contributed by atoms with van der Waals surface area (Å²) in [5.41, 5.74) is 1.95. The number of rotatable bonds is 5. The van der Waals surface area contributed by atoms with Crippen molar-refractivity contribution in [2.24, 2.45) is 0 Å². The molecule has 1 rings (SSSR count). The molecule has 5 heteroatoms. The molecule has 2 atom stereocenters. The van der Waals surface area contributed by atoms with Crippen LogP contribution in [0.5, 0.6) is 0 Å². The number of hydrogen-bond donors (Lipinski definition) is 3. The number of carboxylic acid groups (broad SMARTS) is 1. The molecule has 18 heavy (non-hydrogen) atoms. The summed E-state index contributed by atoms with van der Waals surface area (Å²) in [5, 5.41) is 20.3. The number of aliphatic hydroxyl groups is 1. The molecule has 1 aromatic carbocycles. The molecule has 0 aliphatic rings. The van der Waals surface area contributed by atoms with Gasteiger partial charge in [0, 0.05) is 0 Å². The van der Waals surface area contributed by atoms with E-state index in [1.807, 2.05) is 31.2 Å². The van der Waals surface area contributed by atoms with Crippen molar-refractivity contribution in [1.29, 1.82) is 0 Å². The summed E-state index contributed by atoms with van der Waals surface area (Å²) in [7, 11) is 0. The Hall–Kier alpha value is -1.88. The second-order valence-corrected chi connectivity index (χ2v) is 4.30. The SMILES string of the molecule is Cc1ccc(CC(=O)NC(C)C(O)C(=O)O)cc1. The van der Waals surface area contributed by atoms with Gasteiger partial charge in [0.05, 0.1) is 12.5 Å². The standard InChI is InChI=1S/C13H17NO4/c1-8-3-5-10(6-4-8)7-11(15)14-9(2)12(16)13(17)18/h3-6,9,12,16H,7H2,1-2H3,(H,14,15)(H,17,18). The number of nitrogens with one attached hydrogen (secondary N) is 1. The number of aliphatic carboxylic acids is 1. The van der Waals surface area contributed by atoms with Gasteiger partial charge in [0.25, 0.3) is 0 Å². The lowest BCUT2D eigenvalue weighted by molar-refractivity contribution is -0.148. The van der Waals surface area contributed by atoms with Gasteiger partial charge in [-0.2, -0.15) is 0 Å². The first-order valence-electron chi connectivity index (χ1n) is 5.66. The molecule has 3 N–H and O–H groups in total. The van der Waals surface area contributed by atoms with Crippen LogP contribution in [0.15, 0.2) is 24.3 Å². The number of carbonyl (C=O) groups excluding carboxylic acids is 1. The first-order chi connectivity index (χ1) is 8.40. The number of carboxylic acids is 1. The van der Waals surface area contributed by atoms with E-state index in [0.29, 0.717) is 0 Å². The van der Waals surface area contributed by atoms with Crippen molar-refractivity contribution in [3.8, 4) is 0 Å². The van der Waals surface area contributed by atoms with Gasteiger partial charge < -0.3 is 15.5 Å². The van der Waals surface area contributed by atoms with Gasteiger partial charge >= 0.3 is 5.97 Å². The fraction of sp³-hybridized carbons (Fsp3) is 0.385. The van der Waals surface area contributed by atoms with Crippen molar-refractivity contribution < 1.29 is 19.8 Å². The number of carbonyl (C=O) groups is 2. The monoisotopic (exact) mass is 251 g/mol. The zero-order valence-corrected chi connectivity index (χ0v) is 10.4. The van der Waals surface area contributed by atoms with Crippen LogP contribution in [-0.4, -0.2) is 34.2 Å². The van der Waals surface area contributed by atoms with Crippen LogP contribution in [0.4, 0.5) is 0 Å². The van der Waals surface area contributed by atoms with Crippen LogP contribution in [0.3, 0.4) is 0 Å². The smallest absolute Gasteiger partial charge is 0.334 e. The van der Waals surface area contributed by atoms with Gasteiger partial charge in [-0.1, -0.05) is 29.8 Å². The zero-order chi connectivity index (χ0) is 13.7. The normalized spacial score (nSPS) is 13.7. The molecule has 1 aromatic rings.